The average Bonchev–Trinajstić information content (AvgIpc) is 4.48. The first kappa shape index (κ1) is 47.2. The molecule has 8 heteroatoms. The van der Waals surface area contributed by atoms with Crippen molar-refractivity contribution in [1.29, 1.82) is 0 Å². The minimum absolute atomic E-state index is 0.0760. The van der Waals surface area contributed by atoms with Crippen LogP contribution >= 0.6 is 0 Å². The molecule has 17 rings (SSSR count). The number of fused-ring (bicyclic) bond motifs is 12. The molecule has 0 fully saturated rings. The van der Waals surface area contributed by atoms with Crippen molar-refractivity contribution in [3.63, 3.8) is 0 Å². The SMILES string of the molecule is C1=CC(n2c3ccccc3c3ccccc32)Cc2c1n(-c1nc(-c3cccc([Si](c4ccccc4)(c4ccccc4)c4ccccc4)c3)nc(-n3c4ccccc4c4cc(-n5c6ccccc6c6ccccc65)ccc43)n1)c1ccccc21. The highest BCUT2D eigenvalue weighted by Crippen LogP contribution is 2.42. The number of aromatic nitrogens is 7. The molecule has 5 aromatic heterocycles. The van der Waals surface area contributed by atoms with Crippen LogP contribution in [-0.2, 0) is 6.42 Å². The van der Waals surface area contributed by atoms with Gasteiger partial charge in [0.2, 0.25) is 11.9 Å². The number of hydrogen-bond donors (Lipinski definition) is 0. The van der Waals surface area contributed by atoms with Crippen LogP contribution in [0.15, 0.2) is 285 Å². The van der Waals surface area contributed by atoms with Gasteiger partial charge in [0.15, 0.2) is 13.9 Å². The molecule has 1 aliphatic rings. The monoisotopic (exact) mass is 1080 g/mol. The van der Waals surface area contributed by atoms with Crippen molar-refractivity contribution in [1.82, 2.24) is 33.2 Å². The summed E-state index contributed by atoms with van der Waals surface area (Å²) in [5, 5.41) is 13.5. The van der Waals surface area contributed by atoms with E-state index in [2.05, 4.69) is 309 Å². The first-order valence-corrected chi connectivity index (χ1v) is 30.5. The lowest BCUT2D eigenvalue weighted by atomic mass is 9.96. The van der Waals surface area contributed by atoms with Gasteiger partial charge in [-0.25, -0.2) is 0 Å². The third-order valence-corrected chi connectivity index (χ3v) is 22.3. The largest absolute Gasteiger partial charge is 0.333 e. The molecule has 7 nitrogen and oxygen atoms in total. The van der Waals surface area contributed by atoms with Crippen LogP contribution in [0.25, 0.3) is 111 Å². The van der Waals surface area contributed by atoms with E-state index < -0.39 is 8.07 Å². The Kier molecular flexibility index (Phi) is 10.6. The molecule has 1 unspecified atom stereocenters. The first-order valence-electron chi connectivity index (χ1n) is 28.5. The second-order valence-electron chi connectivity index (χ2n) is 21.9. The van der Waals surface area contributed by atoms with Gasteiger partial charge in [-0.2, -0.15) is 15.0 Å². The molecule has 1 atom stereocenters. The summed E-state index contributed by atoms with van der Waals surface area (Å²) in [5.74, 6) is 1.68. The molecule has 390 valence electrons. The van der Waals surface area contributed by atoms with Crippen LogP contribution in [0.1, 0.15) is 17.3 Å². The van der Waals surface area contributed by atoms with E-state index in [9.17, 15) is 0 Å². The Labute approximate surface area is 479 Å². The van der Waals surface area contributed by atoms with E-state index in [4.69, 9.17) is 15.0 Å². The number of benzene rings is 11. The molecule has 0 saturated heterocycles. The van der Waals surface area contributed by atoms with E-state index in [0.717, 1.165) is 50.7 Å². The second-order valence-corrected chi connectivity index (χ2v) is 25.7. The van der Waals surface area contributed by atoms with Gasteiger partial charge in [0.1, 0.15) is 0 Å². The number of allylic oxidation sites excluding steroid dienone is 1. The number of para-hydroxylation sites is 6. The van der Waals surface area contributed by atoms with Crippen molar-refractivity contribution >= 4 is 111 Å². The summed E-state index contributed by atoms with van der Waals surface area (Å²) in [4.78, 5) is 17.0. The van der Waals surface area contributed by atoms with Crippen LogP contribution in [0, 0.1) is 0 Å². The summed E-state index contributed by atoms with van der Waals surface area (Å²) in [5.41, 5.74) is 12.2. The molecule has 83 heavy (non-hydrogen) atoms. The highest BCUT2D eigenvalue weighted by molar-refractivity contribution is 7.19. The fraction of sp³-hybridized carbons (Fsp3) is 0.0267. The average molecular weight is 1080 g/mol. The topological polar surface area (TPSA) is 58.4 Å². The lowest BCUT2D eigenvalue weighted by molar-refractivity contribution is 0.636. The predicted molar refractivity (Wildman–Crippen MR) is 346 cm³/mol. The maximum atomic E-state index is 5.69. The maximum Gasteiger partial charge on any atom is 0.240 e. The van der Waals surface area contributed by atoms with Crippen LogP contribution < -0.4 is 20.7 Å². The zero-order valence-electron chi connectivity index (χ0n) is 45.1. The third-order valence-electron chi connectivity index (χ3n) is 17.5. The Morgan fingerprint density at radius 1 is 0.325 bits per heavy atom. The van der Waals surface area contributed by atoms with Gasteiger partial charge in [-0.1, -0.05) is 231 Å². The third kappa shape index (κ3) is 7.13. The normalized spacial score (nSPS) is 13.6. The van der Waals surface area contributed by atoms with E-state index in [-0.39, 0.29) is 6.04 Å². The van der Waals surface area contributed by atoms with Gasteiger partial charge >= 0.3 is 0 Å². The molecule has 0 radical (unpaired) electrons. The molecule has 1 aliphatic carbocycles. The number of nitrogens with zero attached hydrogens (tertiary/aromatic N) is 7. The van der Waals surface area contributed by atoms with Crippen molar-refractivity contribution in [2.45, 2.75) is 12.5 Å². The van der Waals surface area contributed by atoms with E-state index in [1.165, 1.54) is 75.3 Å². The molecule has 0 saturated carbocycles. The van der Waals surface area contributed by atoms with Crippen LogP contribution in [0.2, 0.25) is 0 Å². The van der Waals surface area contributed by atoms with Crippen molar-refractivity contribution in [2.75, 3.05) is 0 Å². The summed E-state index contributed by atoms with van der Waals surface area (Å²) in [6.07, 6.45) is 5.49. The van der Waals surface area contributed by atoms with Crippen molar-refractivity contribution in [3.05, 3.63) is 296 Å². The van der Waals surface area contributed by atoms with Crippen LogP contribution in [0.5, 0.6) is 0 Å². The van der Waals surface area contributed by atoms with Gasteiger partial charge in [-0.15, -0.1) is 0 Å². The number of rotatable bonds is 9. The van der Waals surface area contributed by atoms with E-state index >= 15 is 0 Å². The van der Waals surface area contributed by atoms with Crippen LogP contribution in [0.4, 0.5) is 0 Å². The van der Waals surface area contributed by atoms with Crippen molar-refractivity contribution < 1.29 is 0 Å². The predicted octanol–water partition coefficient (Wildman–Crippen LogP) is 15.0. The maximum absolute atomic E-state index is 5.69. The Morgan fingerprint density at radius 3 is 1.30 bits per heavy atom. The number of hydrogen-bond acceptors (Lipinski definition) is 3. The Hall–Kier alpha value is -10.7. The molecule has 0 bridgehead atoms. The summed E-state index contributed by atoms with van der Waals surface area (Å²) >= 11 is 0. The van der Waals surface area contributed by atoms with Crippen molar-refractivity contribution in [3.8, 4) is 29.0 Å². The molecule has 0 aliphatic heterocycles. The summed E-state index contributed by atoms with van der Waals surface area (Å²) in [6.45, 7) is 0. The Balaban J connectivity index is 0.912. The summed E-state index contributed by atoms with van der Waals surface area (Å²) in [6, 6.07) is 102. The van der Waals surface area contributed by atoms with E-state index in [1.807, 2.05) is 0 Å². The highest BCUT2D eigenvalue weighted by atomic mass is 28.3. The van der Waals surface area contributed by atoms with Gasteiger partial charge in [-0.05, 0) is 93.4 Å². The van der Waals surface area contributed by atoms with Gasteiger partial charge in [0, 0.05) is 60.0 Å². The molecule has 0 amide bonds. The van der Waals surface area contributed by atoms with Crippen LogP contribution in [-0.4, -0.2) is 41.3 Å². The molecule has 5 heterocycles. The van der Waals surface area contributed by atoms with Crippen LogP contribution in [0.3, 0.4) is 0 Å². The molecule has 0 spiro atoms. The minimum atomic E-state index is -2.95. The fourth-order valence-corrected chi connectivity index (χ4v) is 18.8. The van der Waals surface area contributed by atoms with Gasteiger partial charge < -0.3 is 9.13 Å². The first-order chi connectivity index (χ1) is 41.2. The minimum Gasteiger partial charge on any atom is -0.333 e. The summed E-state index contributed by atoms with van der Waals surface area (Å²) < 4.78 is 9.46. The quantitative estimate of drug-likeness (QED) is 0.107. The second kappa shape index (κ2) is 18.7. The molecular weight excluding hydrogens is 1030 g/mol. The van der Waals surface area contributed by atoms with E-state index in [1.54, 1.807) is 0 Å². The summed E-state index contributed by atoms with van der Waals surface area (Å²) in [7, 11) is -2.95. The molecule has 16 aromatic rings. The smallest absolute Gasteiger partial charge is 0.240 e. The van der Waals surface area contributed by atoms with Gasteiger partial charge in [0.25, 0.3) is 0 Å². The lowest BCUT2D eigenvalue weighted by Gasteiger charge is -2.34. The van der Waals surface area contributed by atoms with Gasteiger partial charge in [-0.3, -0.25) is 9.13 Å². The highest BCUT2D eigenvalue weighted by Gasteiger charge is 2.41. The molecular formula is C75H51N7Si. The van der Waals surface area contributed by atoms with E-state index in [0.29, 0.717) is 17.7 Å². The lowest BCUT2D eigenvalue weighted by Crippen LogP contribution is -2.74. The zero-order chi connectivity index (χ0) is 54.6. The van der Waals surface area contributed by atoms with Gasteiger partial charge in [0.05, 0.1) is 39.3 Å². The zero-order valence-corrected chi connectivity index (χ0v) is 46.1. The molecule has 11 aromatic carbocycles. The Bertz CT molecular complexity index is 5060. The fourth-order valence-electron chi connectivity index (χ4n) is 14.1. The Morgan fingerprint density at radius 2 is 0.747 bits per heavy atom. The standard InChI is InChI=1S/C75H51N7Si/c1-4-24-53(25-5-1)83(54-26-6-2-7-27-54,55-28-8-3-9-29-55)56-30-22-23-50(47-56)73-76-74(81-69-41-20-14-35-61(69)63-48-51(43-45-71(63)81)79-65-37-16-10-31-57(65)58-32-11-17-38-66(58)79)78-75(77-73)82-70-42-21-15-36-62(70)64-49-52(44-46-72(64)82)80-67-39-18-12-33-59(67)60-34-13-19-40-68(60)80/h1-48,52H,49H2. The van der Waals surface area contributed by atoms with Crippen molar-refractivity contribution in [2.24, 2.45) is 0 Å². The molecule has 0 N–H and O–H groups in total.